The molecule has 43 heavy (non-hydrogen) atoms. The van der Waals surface area contributed by atoms with Crippen LogP contribution in [-0.2, 0) is 0 Å². The molecule has 0 unspecified atom stereocenters. The first-order valence-electron chi connectivity index (χ1n) is 14.4. The molecule has 204 valence electrons. The lowest BCUT2D eigenvalue weighted by Crippen LogP contribution is -2.14. The van der Waals surface area contributed by atoms with Gasteiger partial charge in [-0.05, 0) is 57.7 Å². The molecule has 1 aliphatic carbocycles. The highest BCUT2D eigenvalue weighted by Gasteiger charge is 2.14. The first-order valence-corrected chi connectivity index (χ1v) is 14.4. The molecule has 0 bridgehead atoms. The van der Waals surface area contributed by atoms with Gasteiger partial charge in [0, 0.05) is 28.6 Å². The van der Waals surface area contributed by atoms with Gasteiger partial charge in [0.15, 0.2) is 0 Å². The number of nitrogens with one attached hydrogen (secondary N) is 2. The van der Waals surface area contributed by atoms with Crippen molar-refractivity contribution in [2.45, 2.75) is 0 Å². The molecule has 0 radical (unpaired) electrons. The molecule has 2 N–H and O–H groups in total. The molecule has 0 fully saturated rings. The van der Waals surface area contributed by atoms with Crippen molar-refractivity contribution in [3.63, 3.8) is 0 Å². The molecule has 2 aliphatic rings. The summed E-state index contributed by atoms with van der Waals surface area (Å²) in [6, 6.07) is 42.4. The Labute approximate surface area is 252 Å². The summed E-state index contributed by atoms with van der Waals surface area (Å²) in [5, 5.41) is 11.7. The lowest BCUT2D eigenvalue weighted by Gasteiger charge is -2.17. The zero-order valence-corrected chi connectivity index (χ0v) is 23.5. The van der Waals surface area contributed by atoms with Gasteiger partial charge >= 0.3 is 0 Å². The summed E-state index contributed by atoms with van der Waals surface area (Å²) >= 11 is 0. The molecule has 0 atom stereocenters. The van der Waals surface area contributed by atoms with Crippen LogP contribution in [0.5, 0.6) is 0 Å². The second-order valence-electron chi connectivity index (χ2n) is 10.5. The third-order valence-electron chi connectivity index (χ3n) is 7.76. The van der Waals surface area contributed by atoms with Crippen molar-refractivity contribution in [3.05, 3.63) is 181 Å². The minimum absolute atomic E-state index is 0.498. The maximum absolute atomic E-state index is 8.28. The monoisotopic (exact) mass is 551 g/mol. The van der Waals surface area contributed by atoms with Crippen molar-refractivity contribution in [2.75, 3.05) is 0 Å². The molecular weight excluding hydrogens is 522 g/mol. The quantitative estimate of drug-likeness (QED) is 0.228. The van der Waals surface area contributed by atoms with Gasteiger partial charge in [-0.1, -0.05) is 133 Å². The van der Waals surface area contributed by atoms with E-state index >= 15 is 0 Å². The summed E-state index contributed by atoms with van der Waals surface area (Å²) < 4.78 is 0. The molecule has 4 aromatic carbocycles. The van der Waals surface area contributed by atoms with Crippen LogP contribution in [0.3, 0.4) is 0 Å². The summed E-state index contributed by atoms with van der Waals surface area (Å²) in [7, 11) is 0. The van der Waals surface area contributed by atoms with Crippen LogP contribution in [0.4, 0.5) is 0 Å². The molecule has 2 heterocycles. The van der Waals surface area contributed by atoms with Crippen LogP contribution in [-0.4, -0.2) is 10.7 Å². The predicted octanol–water partition coefficient (Wildman–Crippen LogP) is 9.65. The highest BCUT2D eigenvalue weighted by molar-refractivity contribution is 6.10. The number of hydrogen-bond acceptors (Lipinski definition) is 3. The van der Waals surface area contributed by atoms with Crippen molar-refractivity contribution in [1.29, 1.82) is 5.41 Å². The lowest BCUT2D eigenvalue weighted by atomic mass is 9.96. The molecule has 3 nitrogen and oxygen atoms in total. The molecule has 0 saturated carbocycles. The van der Waals surface area contributed by atoms with E-state index in [1.807, 2.05) is 48.7 Å². The minimum Gasteiger partial charge on any atom is -0.361 e. The van der Waals surface area contributed by atoms with E-state index in [4.69, 9.17) is 10.4 Å². The SMILES string of the molecule is N=C1C=CC=C/C1=C1\C=CC(c2cc(-c3ccc(-c4ccccc4)cc3)nc(-c3ccc(-c4ccccc4)cc3)c2)=CN1. The average molecular weight is 552 g/mol. The molecule has 5 aromatic rings. The summed E-state index contributed by atoms with van der Waals surface area (Å²) in [5.41, 5.74) is 13.1. The van der Waals surface area contributed by atoms with Crippen LogP contribution in [0, 0.1) is 5.41 Å². The van der Waals surface area contributed by atoms with E-state index in [9.17, 15) is 0 Å². The van der Waals surface area contributed by atoms with E-state index in [1.54, 1.807) is 0 Å². The van der Waals surface area contributed by atoms with E-state index in [0.29, 0.717) is 5.71 Å². The van der Waals surface area contributed by atoms with Crippen LogP contribution in [0.1, 0.15) is 5.56 Å². The molecule has 0 amide bonds. The highest BCUT2D eigenvalue weighted by Crippen LogP contribution is 2.32. The number of nitrogens with zero attached hydrogens (tertiary/aromatic N) is 1. The summed E-state index contributed by atoms with van der Waals surface area (Å²) in [6.07, 6.45) is 13.8. The van der Waals surface area contributed by atoms with Gasteiger partial charge in [0.05, 0.1) is 17.1 Å². The van der Waals surface area contributed by atoms with E-state index < -0.39 is 0 Å². The van der Waals surface area contributed by atoms with Gasteiger partial charge < -0.3 is 10.7 Å². The Morgan fingerprint density at radius 1 is 0.465 bits per heavy atom. The van der Waals surface area contributed by atoms with E-state index in [1.165, 1.54) is 22.3 Å². The minimum atomic E-state index is 0.498. The first-order chi connectivity index (χ1) is 21.2. The molecule has 7 rings (SSSR count). The number of hydrogen-bond donors (Lipinski definition) is 2. The number of pyridine rings is 1. The first kappa shape index (κ1) is 26.1. The zero-order valence-electron chi connectivity index (χ0n) is 23.5. The van der Waals surface area contributed by atoms with Crippen LogP contribution in [0.2, 0.25) is 0 Å². The number of benzene rings is 4. The fourth-order valence-corrected chi connectivity index (χ4v) is 5.41. The van der Waals surface area contributed by atoms with Gasteiger partial charge in [-0.3, -0.25) is 0 Å². The number of dihydropyridines is 1. The van der Waals surface area contributed by atoms with Gasteiger partial charge in [-0.15, -0.1) is 0 Å². The second kappa shape index (κ2) is 11.6. The largest absolute Gasteiger partial charge is 0.361 e. The fourth-order valence-electron chi connectivity index (χ4n) is 5.41. The van der Waals surface area contributed by atoms with Gasteiger partial charge in [0.1, 0.15) is 0 Å². The maximum Gasteiger partial charge on any atom is 0.0715 e. The van der Waals surface area contributed by atoms with Crippen LogP contribution in [0.25, 0.3) is 50.3 Å². The van der Waals surface area contributed by atoms with E-state index in [-0.39, 0.29) is 0 Å². The maximum atomic E-state index is 8.28. The van der Waals surface area contributed by atoms with Crippen LogP contribution < -0.4 is 5.32 Å². The Balaban J connectivity index is 1.27. The standard InChI is InChI=1S/C40H29N3/c41-37-14-8-7-13-36(37)38-24-23-34(27-42-38)35-25-39(32-19-15-30(16-20-32)28-9-3-1-4-10-28)43-40(26-35)33-21-17-31(18-22-33)29-11-5-2-6-12-29/h1-27,41-42H/b38-36-,41-37?. The lowest BCUT2D eigenvalue weighted by molar-refractivity contribution is 1.09. The van der Waals surface area contributed by atoms with Gasteiger partial charge in [-0.25, -0.2) is 4.98 Å². The van der Waals surface area contributed by atoms with Crippen LogP contribution >= 0.6 is 0 Å². The van der Waals surface area contributed by atoms with Gasteiger partial charge in [0.25, 0.3) is 0 Å². The zero-order chi connectivity index (χ0) is 29.0. The number of rotatable bonds is 5. The molecule has 0 spiro atoms. The Morgan fingerprint density at radius 2 is 0.953 bits per heavy atom. The van der Waals surface area contributed by atoms with Crippen LogP contribution in [0.15, 0.2) is 175 Å². The smallest absolute Gasteiger partial charge is 0.0715 e. The highest BCUT2D eigenvalue weighted by atomic mass is 14.9. The van der Waals surface area contributed by atoms with E-state index in [0.717, 1.165) is 44.9 Å². The Kier molecular flexibility index (Phi) is 7.04. The molecule has 0 saturated heterocycles. The number of aromatic nitrogens is 1. The molecule has 1 aromatic heterocycles. The molecular formula is C40H29N3. The second-order valence-corrected chi connectivity index (χ2v) is 10.5. The molecule has 1 aliphatic heterocycles. The van der Waals surface area contributed by atoms with Crippen molar-refractivity contribution in [3.8, 4) is 44.8 Å². The average Bonchev–Trinajstić information content (AvgIpc) is 3.09. The normalized spacial score (nSPS) is 15.7. The predicted molar refractivity (Wildman–Crippen MR) is 179 cm³/mol. The van der Waals surface area contributed by atoms with Crippen molar-refractivity contribution >= 4 is 11.3 Å². The topological polar surface area (TPSA) is 48.8 Å². The summed E-state index contributed by atoms with van der Waals surface area (Å²) in [4.78, 5) is 5.15. The molecule has 3 heteroatoms. The third kappa shape index (κ3) is 5.57. The Morgan fingerprint density at radius 3 is 1.44 bits per heavy atom. The van der Waals surface area contributed by atoms with Gasteiger partial charge in [0.2, 0.25) is 0 Å². The van der Waals surface area contributed by atoms with Crippen molar-refractivity contribution in [2.24, 2.45) is 0 Å². The third-order valence-corrected chi connectivity index (χ3v) is 7.76. The Hall–Kier alpha value is -5.80. The van der Waals surface area contributed by atoms with Crippen molar-refractivity contribution < 1.29 is 0 Å². The fraction of sp³-hybridized carbons (Fsp3) is 0. The summed E-state index contributed by atoms with van der Waals surface area (Å²) in [6.45, 7) is 0. The Bertz CT molecular complexity index is 1850. The number of allylic oxidation sites excluding steroid dienone is 8. The summed E-state index contributed by atoms with van der Waals surface area (Å²) in [5.74, 6) is 0. The van der Waals surface area contributed by atoms with Crippen molar-refractivity contribution in [1.82, 2.24) is 10.3 Å². The van der Waals surface area contributed by atoms with E-state index in [2.05, 4.69) is 121 Å². The van der Waals surface area contributed by atoms with Gasteiger partial charge in [-0.2, -0.15) is 0 Å².